The summed E-state index contributed by atoms with van der Waals surface area (Å²) in [6.07, 6.45) is -4.72. The maximum absolute atomic E-state index is 11.9. The number of thiol groups is 1. The Morgan fingerprint density at radius 1 is 1.29 bits per heavy atom. The normalized spacial score (nSPS) is 11.2. The van der Waals surface area contributed by atoms with Crippen LogP contribution in [0, 0.1) is 0 Å². The van der Waals surface area contributed by atoms with Crippen LogP contribution in [0.4, 0.5) is 13.2 Å². The number of methoxy groups -OCH3 is 1. The minimum absolute atomic E-state index is 0.100. The van der Waals surface area contributed by atoms with Gasteiger partial charge in [-0.3, -0.25) is 0 Å². The second-order valence-corrected chi connectivity index (χ2v) is 2.86. The first-order chi connectivity index (χ1) is 6.42. The molecule has 14 heavy (non-hydrogen) atoms. The highest BCUT2D eigenvalue weighted by Crippen LogP contribution is 2.31. The van der Waals surface area contributed by atoms with Crippen molar-refractivity contribution in [2.75, 3.05) is 7.11 Å². The van der Waals surface area contributed by atoms with E-state index in [-0.39, 0.29) is 16.4 Å². The number of alkyl halides is 3. The maximum atomic E-state index is 11.9. The second kappa shape index (κ2) is 4.00. The molecule has 0 radical (unpaired) electrons. The minimum Gasteiger partial charge on any atom is -0.497 e. The average molecular weight is 224 g/mol. The zero-order valence-corrected chi connectivity index (χ0v) is 8.02. The van der Waals surface area contributed by atoms with Crippen LogP contribution in [0.15, 0.2) is 23.1 Å². The Morgan fingerprint density at radius 3 is 2.43 bits per heavy atom. The molecule has 0 spiro atoms. The smallest absolute Gasteiger partial charge is 0.497 e. The van der Waals surface area contributed by atoms with Crippen molar-refractivity contribution in [3.63, 3.8) is 0 Å². The second-order valence-electron chi connectivity index (χ2n) is 2.38. The number of benzene rings is 1. The van der Waals surface area contributed by atoms with Crippen LogP contribution in [0.1, 0.15) is 0 Å². The number of halogens is 3. The highest BCUT2D eigenvalue weighted by molar-refractivity contribution is 7.80. The van der Waals surface area contributed by atoms with Crippen molar-refractivity contribution in [3.8, 4) is 11.5 Å². The molecule has 0 saturated carbocycles. The Labute approximate surface area is 84.0 Å². The number of hydrogen-bond donors (Lipinski definition) is 1. The van der Waals surface area contributed by atoms with Crippen molar-refractivity contribution >= 4 is 12.6 Å². The van der Waals surface area contributed by atoms with Gasteiger partial charge >= 0.3 is 6.36 Å². The molecule has 0 aliphatic carbocycles. The fourth-order valence-electron chi connectivity index (χ4n) is 0.828. The van der Waals surface area contributed by atoms with Crippen molar-refractivity contribution in [2.45, 2.75) is 11.3 Å². The molecule has 78 valence electrons. The lowest BCUT2D eigenvalue weighted by Crippen LogP contribution is -2.17. The van der Waals surface area contributed by atoms with Gasteiger partial charge in [0.2, 0.25) is 0 Å². The number of rotatable bonds is 2. The molecular weight excluding hydrogens is 217 g/mol. The van der Waals surface area contributed by atoms with Gasteiger partial charge in [-0.1, -0.05) is 0 Å². The zero-order valence-electron chi connectivity index (χ0n) is 7.13. The number of hydrogen-bond acceptors (Lipinski definition) is 3. The van der Waals surface area contributed by atoms with Crippen molar-refractivity contribution in [2.24, 2.45) is 0 Å². The molecule has 0 aliphatic heterocycles. The lowest BCUT2D eigenvalue weighted by atomic mass is 10.3. The van der Waals surface area contributed by atoms with Crippen molar-refractivity contribution in [3.05, 3.63) is 18.2 Å². The molecule has 1 aromatic carbocycles. The molecule has 0 saturated heterocycles. The van der Waals surface area contributed by atoms with Gasteiger partial charge in [-0.05, 0) is 12.1 Å². The lowest BCUT2D eigenvalue weighted by molar-refractivity contribution is -0.275. The number of ether oxygens (including phenoxy) is 2. The molecule has 0 fully saturated rings. The Balaban J connectivity index is 2.95. The van der Waals surface area contributed by atoms with E-state index >= 15 is 0 Å². The van der Waals surface area contributed by atoms with E-state index in [9.17, 15) is 13.2 Å². The summed E-state index contributed by atoms with van der Waals surface area (Å²) < 4.78 is 44.0. The van der Waals surface area contributed by atoms with Gasteiger partial charge in [0.15, 0.2) is 0 Å². The van der Waals surface area contributed by atoms with Crippen LogP contribution in [0.25, 0.3) is 0 Å². The van der Waals surface area contributed by atoms with Crippen LogP contribution < -0.4 is 9.47 Å². The fraction of sp³-hybridized carbons (Fsp3) is 0.250. The molecule has 1 rings (SSSR count). The quantitative estimate of drug-likeness (QED) is 0.778. The third-order valence-electron chi connectivity index (χ3n) is 1.39. The van der Waals surface area contributed by atoms with E-state index in [4.69, 9.17) is 4.74 Å². The standard InChI is InChI=1S/C8H7F3O2S/c1-12-5-2-3-7(14)6(4-5)13-8(9,10)11/h2-4,14H,1H3. The summed E-state index contributed by atoms with van der Waals surface area (Å²) >= 11 is 3.82. The molecule has 0 N–H and O–H groups in total. The van der Waals surface area contributed by atoms with Crippen LogP contribution in [-0.4, -0.2) is 13.5 Å². The predicted octanol–water partition coefficient (Wildman–Crippen LogP) is 2.88. The van der Waals surface area contributed by atoms with Gasteiger partial charge < -0.3 is 9.47 Å². The zero-order chi connectivity index (χ0) is 10.8. The summed E-state index contributed by atoms with van der Waals surface area (Å²) in [4.78, 5) is 0.100. The van der Waals surface area contributed by atoms with Crippen molar-refractivity contribution in [1.29, 1.82) is 0 Å². The average Bonchev–Trinajstić information content (AvgIpc) is 2.06. The topological polar surface area (TPSA) is 18.5 Å². The van der Waals surface area contributed by atoms with Crippen LogP contribution in [0.5, 0.6) is 11.5 Å². The summed E-state index contributed by atoms with van der Waals surface area (Å²) in [5.41, 5.74) is 0. The highest BCUT2D eigenvalue weighted by Gasteiger charge is 2.32. The first-order valence-electron chi connectivity index (χ1n) is 3.55. The molecular formula is C8H7F3O2S. The lowest BCUT2D eigenvalue weighted by Gasteiger charge is -2.11. The third-order valence-corrected chi connectivity index (χ3v) is 1.76. The summed E-state index contributed by atoms with van der Waals surface area (Å²) in [5.74, 6) is -0.0952. The minimum atomic E-state index is -4.72. The van der Waals surface area contributed by atoms with Gasteiger partial charge in [-0.15, -0.1) is 25.8 Å². The van der Waals surface area contributed by atoms with E-state index in [0.717, 1.165) is 6.07 Å². The maximum Gasteiger partial charge on any atom is 0.573 e. The van der Waals surface area contributed by atoms with Gasteiger partial charge in [-0.25, -0.2) is 0 Å². The SMILES string of the molecule is COc1ccc(S)c(OC(F)(F)F)c1. The molecule has 0 aromatic heterocycles. The summed E-state index contributed by atoms with van der Waals surface area (Å²) in [7, 11) is 1.35. The molecule has 0 amide bonds. The third kappa shape index (κ3) is 3.02. The van der Waals surface area contributed by atoms with Gasteiger partial charge in [0.05, 0.1) is 7.11 Å². The Hall–Kier alpha value is -1.04. The Morgan fingerprint density at radius 2 is 1.93 bits per heavy atom. The van der Waals surface area contributed by atoms with E-state index in [1.807, 2.05) is 0 Å². The van der Waals surface area contributed by atoms with Crippen LogP contribution >= 0.6 is 12.6 Å². The van der Waals surface area contributed by atoms with E-state index < -0.39 is 6.36 Å². The molecule has 2 nitrogen and oxygen atoms in total. The summed E-state index contributed by atoms with van der Waals surface area (Å²) in [6.45, 7) is 0. The van der Waals surface area contributed by atoms with E-state index in [0.29, 0.717) is 0 Å². The molecule has 0 bridgehead atoms. The summed E-state index contributed by atoms with van der Waals surface area (Å²) in [5, 5.41) is 0. The molecule has 0 aliphatic rings. The van der Waals surface area contributed by atoms with E-state index in [1.54, 1.807) is 0 Å². The first-order valence-corrected chi connectivity index (χ1v) is 4.00. The van der Waals surface area contributed by atoms with Crippen LogP contribution in [0.2, 0.25) is 0 Å². The summed E-state index contributed by atoms with van der Waals surface area (Å²) in [6, 6.07) is 3.98. The monoisotopic (exact) mass is 224 g/mol. The van der Waals surface area contributed by atoms with Gasteiger partial charge in [0.25, 0.3) is 0 Å². The molecule has 0 unspecified atom stereocenters. The molecule has 6 heteroatoms. The van der Waals surface area contributed by atoms with Crippen LogP contribution in [-0.2, 0) is 0 Å². The molecule has 0 heterocycles. The largest absolute Gasteiger partial charge is 0.573 e. The Bertz CT molecular complexity index is 325. The van der Waals surface area contributed by atoms with Crippen molar-refractivity contribution < 1.29 is 22.6 Å². The highest BCUT2D eigenvalue weighted by atomic mass is 32.1. The predicted molar refractivity (Wildman–Crippen MR) is 46.9 cm³/mol. The van der Waals surface area contributed by atoms with Crippen molar-refractivity contribution in [1.82, 2.24) is 0 Å². The van der Waals surface area contributed by atoms with Gasteiger partial charge in [-0.2, -0.15) is 0 Å². The van der Waals surface area contributed by atoms with Crippen LogP contribution in [0.3, 0.4) is 0 Å². The fourth-order valence-corrected chi connectivity index (χ4v) is 1.01. The van der Waals surface area contributed by atoms with Gasteiger partial charge in [0.1, 0.15) is 11.5 Å². The van der Waals surface area contributed by atoms with E-state index in [2.05, 4.69) is 17.4 Å². The van der Waals surface area contributed by atoms with Gasteiger partial charge in [0, 0.05) is 11.0 Å². The molecule has 0 atom stereocenters. The first kappa shape index (κ1) is 11.0. The molecule has 1 aromatic rings. The van der Waals surface area contributed by atoms with E-state index in [1.165, 1.54) is 19.2 Å². The Kier molecular flexibility index (Phi) is 3.15.